The van der Waals surface area contributed by atoms with Gasteiger partial charge in [0.15, 0.2) is 23.2 Å². The molecule has 4 atom stereocenters. The van der Waals surface area contributed by atoms with Crippen molar-refractivity contribution < 1.29 is 24.4 Å². The number of hydrogen-bond donors (Lipinski definition) is 5. The van der Waals surface area contributed by atoms with E-state index in [1.807, 2.05) is 36.1 Å². The molecule has 0 aliphatic carbocycles. The molecule has 6 N–H and O–H groups in total. The molecule has 1 aliphatic rings. The third-order valence-electron chi connectivity index (χ3n) is 6.51. The molecule has 1 fully saturated rings. The van der Waals surface area contributed by atoms with Crippen molar-refractivity contribution in [2.24, 2.45) is 5.84 Å². The number of aromatic nitrogens is 4. The van der Waals surface area contributed by atoms with Crippen LogP contribution in [0.4, 0.5) is 10.2 Å². The lowest BCUT2D eigenvalue weighted by Gasteiger charge is -2.24. The number of nitrogens with one attached hydrogen (secondary N) is 1. The van der Waals surface area contributed by atoms with Crippen molar-refractivity contribution >= 4 is 34.3 Å². The maximum Gasteiger partial charge on any atom is 0.226 e. The van der Waals surface area contributed by atoms with Gasteiger partial charge < -0.3 is 35.3 Å². The third-order valence-corrected chi connectivity index (χ3v) is 6.67. The number of fused-ring (bicyclic) bond motifs is 1. The zero-order valence-electron chi connectivity index (χ0n) is 21.8. The molecule has 212 valence electrons. The fourth-order valence-electron chi connectivity index (χ4n) is 4.54. The lowest BCUT2D eigenvalue weighted by molar-refractivity contribution is -0.0511. The van der Waals surface area contributed by atoms with Crippen molar-refractivity contribution in [1.82, 2.24) is 29.8 Å². The Balaban J connectivity index is 1.62. The first-order chi connectivity index (χ1) is 18.8. The number of rotatable bonds is 12. The van der Waals surface area contributed by atoms with Crippen LogP contribution in [-0.2, 0) is 11.3 Å². The van der Waals surface area contributed by atoms with Crippen LogP contribution in [0.15, 0.2) is 36.8 Å². The molecule has 3 heterocycles. The molecule has 1 aliphatic heterocycles. The number of nitrogens with two attached hydrogens (primary N) is 1. The number of halogens is 2. The number of hydrazine groups is 1. The number of imidazole rings is 1. The first kappa shape index (κ1) is 28.9. The van der Waals surface area contributed by atoms with Crippen molar-refractivity contribution in [3.05, 3.63) is 53.2 Å². The van der Waals surface area contributed by atoms with Crippen LogP contribution in [0.25, 0.3) is 16.9 Å². The molecule has 14 heteroatoms. The van der Waals surface area contributed by atoms with Gasteiger partial charge in [-0.05, 0) is 29.1 Å². The average Bonchev–Trinajstić information content (AvgIpc) is 3.47. The van der Waals surface area contributed by atoms with E-state index in [1.54, 1.807) is 13.2 Å². The van der Waals surface area contributed by atoms with Gasteiger partial charge in [-0.15, -0.1) is 0 Å². The molecule has 1 unspecified atom stereocenters. The summed E-state index contributed by atoms with van der Waals surface area (Å²) >= 11 is 6.33. The van der Waals surface area contributed by atoms with Gasteiger partial charge in [-0.2, -0.15) is 9.97 Å². The van der Waals surface area contributed by atoms with Crippen LogP contribution < -0.4 is 16.1 Å². The van der Waals surface area contributed by atoms with Gasteiger partial charge >= 0.3 is 0 Å². The number of aliphatic hydroxyl groups is 3. The van der Waals surface area contributed by atoms with Gasteiger partial charge in [-0.1, -0.05) is 31.2 Å². The molecule has 4 rings (SSSR count). The Morgan fingerprint density at radius 2 is 1.97 bits per heavy atom. The summed E-state index contributed by atoms with van der Waals surface area (Å²) in [6.45, 7) is 2.30. The third kappa shape index (κ3) is 6.24. The topological polar surface area (TPSA) is 158 Å². The van der Waals surface area contributed by atoms with Crippen LogP contribution in [0, 0.1) is 0 Å². The lowest BCUT2D eigenvalue weighted by Crippen LogP contribution is -2.33. The molecule has 1 saturated heterocycles. The van der Waals surface area contributed by atoms with E-state index in [1.165, 1.54) is 15.9 Å². The fraction of sp³-hybridized carbons (Fsp3) is 0.480. The van der Waals surface area contributed by atoms with Crippen LogP contribution in [-0.4, -0.2) is 91.6 Å². The SMILES string of the molecule is CCCN(Cc1ccc(/C(=C/N(N)CCF)NC)cc1)c1nc(Cl)nc2c1ncn2[C@@H]1O[C@H](CO)[C@H](O)C1O. The van der Waals surface area contributed by atoms with Gasteiger partial charge in [-0.25, -0.2) is 15.2 Å². The van der Waals surface area contributed by atoms with Gasteiger partial charge in [0.1, 0.15) is 25.0 Å². The summed E-state index contributed by atoms with van der Waals surface area (Å²) in [5.41, 5.74) is 3.44. The molecule has 0 saturated carbocycles. The highest BCUT2D eigenvalue weighted by Gasteiger charge is 2.44. The molecular weight excluding hydrogens is 531 g/mol. The average molecular weight is 565 g/mol. The first-order valence-electron chi connectivity index (χ1n) is 12.6. The molecular formula is C25H34ClFN8O4. The van der Waals surface area contributed by atoms with E-state index >= 15 is 0 Å². The molecule has 3 aromatic rings. The largest absolute Gasteiger partial charge is 0.394 e. The molecule has 0 spiro atoms. The van der Waals surface area contributed by atoms with Crippen LogP contribution in [0.3, 0.4) is 0 Å². The molecule has 12 nitrogen and oxygen atoms in total. The summed E-state index contributed by atoms with van der Waals surface area (Å²) in [7, 11) is 1.77. The summed E-state index contributed by atoms with van der Waals surface area (Å²) in [5, 5.41) is 34.6. The molecule has 0 amide bonds. The van der Waals surface area contributed by atoms with Crippen molar-refractivity contribution in [3.63, 3.8) is 0 Å². The number of benzene rings is 1. The highest BCUT2D eigenvalue weighted by Crippen LogP contribution is 2.34. The lowest BCUT2D eigenvalue weighted by atomic mass is 10.1. The Morgan fingerprint density at radius 3 is 2.59 bits per heavy atom. The predicted octanol–water partition coefficient (Wildman–Crippen LogP) is 1.17. The van der Waals surface area contributed by atoms with Crippen LogP contribution >= 0.6 is 11.6 Å². The maximum absolute atomic E-state index is 12.6. The summed E-state index contributed by atoms with van der Waals surface area (Å²) in [4.78, 5) is 15.3. The van der Waals surface area contributed by atoms with E-state index in [4.69, 9.17) is 22.2 Å². The summed E-state index contributed by atoms with van der Waals surface area (Å²) in [6.07, 6.45) is -0.560. The normalized spacial score (nSPS) is 21.5. The van der Waals surface area contributed by atoms with Crippen molar-refractivity contribution in [1.29, 1.82) is 0 Å². The standard InChI is InChI=1S/C25H34ClFN8O4/c1-3-9-33(11-15-4-6-16(7-5-15)17(29-2)12-34(28)10-8-27)22-19-23(32-25(26)31-22)35(14-30-19)24-21(38)20(37)18(13-36)39-24/h4-7,12,14,18,20-21,24,29,36-38H,3,8-11,13,28H2,1-2H3/b17-12-/t18-,20+,21?,24-/m1/s1. The highest BCUT2D eigenvalue weighted by molar-refractivity contribution is 6.28. The second-order valence-corrected chi connectivity index (χ2v) is 9.55. The second-order valence-electron chi connectivity index (χ2n) is 9.21. The monoisotopic (exact) mass is 564 g/mol. The Morgan fingerprint density at radius 1 is 1.23 bits per heavy atom. The van der Waals surface area contributed by atoms with Crippen LogP contribution in [0.2, 0.25) is 5.28 Å². The maximum atomic E-state index is 12.6. The highest BCUT2D eigenvalue weighted by atomic mass is 35.5. The number of anilines is 1. The Bertz CT molecular complexity index is 1280. The molecule has 0 radical (unpaired) electrons. The smallest absolute Gasteiger partial charge is 0.226 e. The number of aliphatic hydroxyl groups excluding tert-OH is 3. The molecule has 0 bridgehead atoms. The first-order valence-corrected chi connectivity index (χ1v) is 13.0. The van der Waals surface area contributed by atoms with Gasteiger partial charge in [0, 0.05) is 26.3 Å². The van der Waals surface area contributed by atoms with E-state index < -0.39 is 37.8 Å². The number of alkyl halides is 1. The van der Waals surface area contributed by atoms with E-state index in [0.29, 0.717) is 30.1 Å². The van der Waals surface area contributed by atoms with Crippen molar-refractivity contribution in [2.75, 3.05) is 38.3 Å². The Kier molecular flexibility index (Phi) is 9.53. The van der Waals surface area contributed by atoms with Crippen molar-refractivity contribution in [2.45, 2.75) is 44.4 Å². The summed E-state index contributed by atoms with van der Waals surface area (Å²) in [5.74, 6) is 6.33. The van der Waals surface area contributed by atoms with E-state index in [-0.39, 0.29) is 11.8 Å². The quantitative estimate of drug-likeness (QED) is 0.122. The van der Waals surface area contributed by atoms with Gasteiger partial charge in [0.05, 0.1) is 25.2 Å². The van der Waals surface area contributed by atoms with Gasteiger partial charge in [0.25, 0.3) is 0 Å². The minimum absolute atomic E-state index is 0.00846. The predicted molar refractivity (Wildman–Crippen MR) is 145 cm³/mol. The zero-order valence-corrected chi connectivity index (χ0v) is 22.5. The van der Waals surface area contributed by atoms with E-state index in [2.05, 4.69) is 20.3 Å². The minimum atomic E-state index is -1.29. The number of ether oxygens (including phenoxy) is 1. The second kappa shape index (κ2) is 12.9. The van der Waals surface area contributed by atoms with E-state index in [0.717, 1.165) is 23.2 Å². The van der Waals surface area contributed by atoms with Gasteiger partial charge in [0.2, 0.25) is 5.28 Å². The number of hydrogen-bond acceptors (Lipinski definition) is 11. The van der Waals surface area contributed by atoms with E-state index in [9.17, 15) is 19.7 Å². The molecule has 2 aromatic heterocycles. The fourth-order valence-corrected chi connectivity index (χ4v) is 4.70. The number of nitrogens with zero attached hydrogens (tertiary/aromatic N) is 6. The summed E-state index contributed by atoms with van der Waals surface area (Å²) in [6, 6.07) is 7.86. The Labute approximate surface area is 230 Å². The van der Waals surface area contributed by atoms with Crippen molar-refractivity contribution in [3.8, 4) is 0 Å². The zero-order chi connectivity index (χ0) is 28.1. The van der Waals surface area contributed by atoms with Crippen LogP contribution in [0.5, 0.6) is 0 Å². The Hall–Kier alpha value is -3.07. The van der Waals surface area contributed by atoms with Gasteiger partial charge in [-0.3, -0.25) is 4.57 Å². The minimum Gasteiger partial charge on any atom is -0.394 e. The van der Waals surface area contributed by atoms with Crippen LogP contribution in [0.1, 0.15) is 30.7 Å². The molecule has 1 aromatic carbocycles. The molecule has 39 heavy (non-hydrogen) atoms. The summed E-state index contributed by atoms with van der Waals surface area (Å²) < 4.78 is 19.8.